The molecule has 0 saturated heterocycles. The Morgan fingerprint density at radius 2 is 1.78 bits per heavy atom. The molecule has 6 heteroatoms. The lowest BCUT2D eigenvalue weighted by atomic mass is 9.89. The smallest absolute Gasteiger partial charge is 0.410 e. The minimum absolute atomic E-state index is 0.00815. The molecule has 3 N–H and O–H groups in total. The Morgan fingerprint density at radius 3 is 2.30 bits per heavy atom. The summed E-state index contributed by atoms with van der Waals surface area (Å²) in [7, 11) is 0. The number of nitrogens with one attached hydrogen (secondary N) is 1. The Kier molecular flexibility index (Phi) is 5.55. The zero-order valence-electron chi connectivity index (χ0n) is 14.8. The van der Waals surface area contributed by atoms with E-state index in [2.05, 4.69) is 5.32 Å². The van der Waals surface area contributed by atoms with Crippen molar-refractivity contribution in [3.63, 3.8) is 0 Å². The van der Waals surface area contributed by atoms with Crippen LogP contribution in [-0.4, -0.2) is 46.7 Å². The van der Waals surface area contributed by atoms with Gasteiger partial charge in [0.05, 0.1) is 12.1 Å². The Balaban J connectivity index is 2.11. The van der Waals surface area contributed by atoms with E-state index in [9.17, 15) is 9.59 Å². The SMILES string of the molecule is C[C@H](N)C(=O)N[C@H]1CCCC[C@@H]1N(C(=O)OC(C)(C)C)C1CC1. The van der Waals surface area contributed by atoms with Gasteiger partial charge in [0.1, 0.15) is 5.60 Å². The summed E-state index contributed by atoms with van der Waals surface area (Å²) in [5, 5.41) is 3.04. The van der Waals surface area contributed by atoms with Crippen LogP contribution in [0.4, 0.5) is 4.79 Å². The van der Waals surface area contributed by atoms with E-state index in [4.69, 9.17) is 10.5 Å². The van der Waals surface area contributed by atoms with Crippen molar-refractivity contribution < 1.29 is 14.3 Å². The predicted octanol–water partition coefficient (Wildman–Crippen LogP) is 2.16. The molecule has 0 aromatic carbocycles. The quantitative estimate of drug-likeness (QED) is 0.829. The van der Waals surface area contributed by atoms with Crippen molar-refractivity contribution in [3.05, 3.63) is 0 Å². The largest absolute Gasteiger partial charge is 0.444 e. The van der Waals surface area contributed by atoms with Gasteiger partial charge < -0.3 is 20.7 Å². The standard InChI is InChI=1S/C17H31N3O3/c1-11(18)15(21)19-13-7-5-6-8-14(13)20(12-9-10-12)16(22)23-17(2,3)4/h11-14H,5-10,18H2,1-4H3,(H,19,21)/t11-,13-,14-/m0/s1. The molecule has 2 amide bonds. The molecule has 3 atom stereocenters. The molecule has 2 aliphatic carbocycles. The van der Waals surface area contributed by atoms with E-state index in [1.807, 2.05) is 25.7 Å². The molecule has 2 fully saturated rings. The van der Waals surface area contributed by atoms with Crippen molar-refractivity contribution >= 4 is 12.0 Å². The third-order valence-electron chi connectivity index (χ3n) is 4.37. The van der Waals surface area contributed by atoms with E-state index in [0.717, 1.165) is 38.5 Å². The normalized spacial score (nSPS) is 26.3. The highest BCUT2D eigenvalue weighted by molar-refractivity contribution is 5.81. The number of rotatable bonds is 4. The second-order valence-corrected chi connectivity index (χ2v) is 7.87. The summed E-state index contributed by atoms with van der Waals surface area (Å²) in [5.74, 6) is -0.151. The molecule has 0 bridgehead atoms. The molecule has 6 nitrogen and oxygen atoms in total. The van der Waals surface area contributed by atoms with E-state index in [0.29, 0.717) is 0 Å². The van der Waals surface area contributed by atoms with Crippen LogP contribution in [0.2, 0.25) is 0 Å². The van der Waals surface area contributed by atoms with Crippen molar-refractivity contribution in [3.8, 4) is 0 Å². The van der Waals surface area contributed by atoms with Crippen molar-refractivity contribution in [2.75, 3.05) is 0 Å². The molecule has 0 aliphatic heterocycles. The summed E-state index contributed by atoms with van der Waals surface area (Å²) in [6, 6.07) is -0.305. The van der Waals surface area contributed by atoms with Crippen LogP contribution < -0.4 is 11.1 Å². The van der Waals surface area contributed by atoms with Crippen molar-refractivity contribution in [2.24, 2.45) is 5.73 Å². The Bertz CT molecular complexity index is 441. The molecular weight excluding hydrogens is 294 g/mol. The first-order valence-electron chi connectivity index (χ1n) is 8.76. The van der Waals surface area contributed by atoms with Crippen molar-refractivity contribution in [1.82, 2.24) is 10.2 Å². The molecule has 0 spiro atoms. The summed E-state index contributed by atoms with van der Waals surface area (Å²) in [6.07, 6.45) is 5.70. The molecule has 0 heterocycles. The van der Waals surface area contributed by atoms with Gasteiger partial charge in [0.25, 0.3) is 0 Å². The molecule has 0 aromatic rings. The van der Waals surface area contributed by atoms with Gasteiger partial charge in [-0.25, -0.2) is 4.79 Å². The van der Waals surface area contributed by atoms with Gasteiger partial charge in [-0.05, 0) is 53.4 Å². The number of amides is 2. The summed E-state index contributed by atoms with van der Waals surface area (Å²) >= 11 is 0. The molecule has 2 aliphatic rings. The number of ether oxygens (including phenoxy) is 1. The molecule has 2 saturated carbocycles. The average Bonchev–Trinajstić information content (AvgIpc) is 3.23. The molecule has 2 rings (SSSR count). The zero-order valence-corrected chi connectivity index (χ0v) is 14.8. The Labute approximate surface area is 139 Å². The maximum Gasteiger partial charge on any atom is 0.410 e. The first-order valence-corrected chi connectivity index (χ1v) is 8.76. The van der Waals surface area contributed by atoms with E-state index in [1.54, 1.807) is 6.92 Å². The third kappa shape index (κ3) is 5.09. The fourth-order valence-corrected chi connectivity index (χ4v) is 3.15. The fraction of sp³-hybridized carbons (Fsp3) is 0.882. The predicted molar refractivity (Wildman–Crippen MR) is 88.9 cm³/mol. The first kappa shape index (κ1) is 18.0. The van der Waals surface area contributed by atoms with E-state index in [-0.39, 0.29) is 30.1 Å². The van der Waals surface area contributed by atoms with Crippen LogP contribution in [-0.2, 0) is 9.53 Å². The molecular formula is C17H31N3O3. The third-order valence-corrected chi connectivity index (χ3v) is 4.37. The van der Waals surface area contributed by atoms with E-state index in [1.165, 1.54) is 0 Å². The lowest BCUT2D eigenvalue weighted by Gasteiger charge is -2.41. The summed E-state index contributed by atoms with van der Waals surface area (Å²) in [6.45, 7) is 7.32. The van der Waals surface area contributed by atoms with Crippen LogP contribution in [0, 0.1) is 0 Å². The van der Waals surface area contributed by atoms with Crippen molar-refractivity contribution in [1.29, 1.82) is 0 Å². The number of carbonyl (C=O) groups is 2. The second-order valence-electron chi connectivity index (χ2n) is 7.87. The zero-order chi connectivity index (χ0) is 17.2. The summed E-state index contributed by atoms with van der Waals surface area (Å²) < 4.78 is 5.60. The van der Waals surface area contributed by atoms with Gasteiger partial charge in [-0.2, -0.15) is 0 Å². The van der Waals surface area contributed by atoms with Gasteiger partial charge >= 0.3 is 6.09 Å². The maximum atomic E-state index is 12.7. The van der Waals surface area contributed by atoms with Crippen molar-refractivity contribution in [2.45, 2.75) is 96.0 Å². The van der Waals surface area contributed by atoms with Gasteiger partial charge in [0, 0.05) is 12.1 Å². The average molecular weight is 325 g/mol. The molecule has 23 heavy (non-hydrogen) atoms. The maximum absolute atomic E-state index is 12.7. The van der Waals surface area contributed by atoms with Crippen LogP contribution in [0.15, 0.2) is 0 Å². The van der Waals surface area contributed by atoms with Gasteiger partial charge in [0.15, 0.2) is 0 Å². The molecule has 0 aromatic heterocycles. The highest BCUT2D eigenvalue weighted by Gasteiger charge is 2.43. The topological polar surface area (TPSA) is 84.7 Å². The van der Waals surface area contributed by atoms with Crippen LogP contribution in [0.5, 0.6) is 0 Å². The van der Waals surface area contributed by atoms with Crippen LogP contribution in [0.3, 0.4) is 0 Å². The highest BCUT2D eigenvalue weighted by atomic mass is 16.6. The van der Waals surface area contributed by atoms with E-state index < -0.39 is 11.6 Å². The molecule has 0 radical (unpaired) electrons. The van der Waals surface area contributed by atoms with Gasteiger partial charge in [-0.3, -0.25) is 4.79 Å². The summed E-state index contributed by atoms with van der Waals surface area (Å²) in [5.41, 5.74) is 5.16. The monoisotopic (exact) mass is 325 g/mol. The van der Waals surface area contributed by atoms with Gasteiger partial charge in [0.2, 0.25) is 5.91 Å². The van der Waals surface area contributed by atoms with Crippen LogP contribution >= 0.6 is 0 Å². The number of hydrogen-bond acceptors (Lipinski definition) is 4. The minimum atomic E-state index is -0.534. The second kappa shape index (κ2) is 7.07. The number of carbonyl (C=O) groups excluding carboxylic acids is 2. The fourth-order valence-electron chi connectivity index (χ4n) is 3.15. The lowest BCUT2D eigenvalue weighted by Crippen LogP contribution is -2.58. The Hall–Kier alpha value is -1.30. The summed E-state index contributed by atoms with van der Waals surface area (Å²) in [4.78, 5) is 26.5. The Morgan fingerprint density at radius 1 is 1.17 bits per heavy atom. The number of nitrogens with zero attached hydrogens (tertiary/aromatic N) is 1. The van der Waals surface area contributed by atoms with Crippen LogP contribution in [0.1, 0.15) is 66.2 Å². The number of nitrogens with two attached hydrogens (primary N) is 1. The van der Waals surface area contributed by atoms with Gasteiger partial charge in [-0.15, -0.1) is 0 Å². The van der Waals surface area contributed by atoms with Crippen LogP contribution in [0.25, 0.3) is 0 Å². The molecule has 0 unspecified atom stereocenters. The lowest BCUT2D eigenvalue weighted by molar-refractivity contribution is -0.123. The van der Waals surface area contributed by atoms with Gasteiger partial charge in [-0.1, -0.05) is 12.8 Å². The minimum Gasteiger partial charge on any atom is -0.444 e. The highest BCUT2D eigenvalue weighted by Crippen LogP contribution is 2.35. The van der Waals surface area contributed by atoms with E-state index >= 15 is 0 Å². The molecule has 132 valence electrons. The first-order chi connectivity index (χ1) is 10.7. The number of hydrogen-bond donors (Lipinski definition) is 2.